The van der Waals surface area contributed by atoms with Crippen molar-refractivity contribution < 1.29 is 32.5 Å². The molecule has 5 rings (SSSR count). The lowest BCUT2D eigenvalue weighted by atomic mass is 9.82. The lowest BCUT2D eigenvalue weighted by Crippen LogP contribution is -2.40. The Morgan fingerprint density at radius 1 is 1.00 bits per heavy atom. The van der Waals surface area contributed by atoms with E-state index >= 15 is 0 Å². The van der Waals surface area contributed by atoms with E-state index in [-0.39, 0.29) is 25.0 Å². The molecule has 0 bridgehead atoms. The lowest BCUT2D eigenvalue weighted by Gasteiger charge is -2.30. The molecule has 41 heavy (non-hydrogen) atoms. The van der Waals surface area contributed by atoms with Crippen LogP contribution in [0.25, 0.3) is 0 Å². The molecular weight excluding hydrogens is 544 g/mol. The van der Waals surface area contributed by atoms with E-state index in [2.05, 4.69) is 4.90 Å². The van der Waals surface area contributed by atoms with Crippen LogP contribution in [0.5, 0.6) is 17.2 Å². The Hall–Kier alpha value is -3.60. The SMILES string of the molecule is CCCN(CCN1C[C@@H](c2ccc3c(c2)OCO3)[C@H](C(=O)O)[C@H]1c1ccc(OC)cc1)S(=O)(=O)Cc1ccccc1. The quantitative estimate of drug-likeness (QED) is 0.334. The van der Waals surface area contributed by atoms with Crippen molar-refractivity contribution in [2.24, 2.45) is 5.92 Å². The van der Waals surface area contributed by atoms with Gasteiger partial charge in [0, 0.05) is 38.1 Å². The molecule has 3 atom stereocenters. The first-order valence-corrected chi connectivity index (χ1v) is 15.4. The first-order valence-electron chi connectivity index (χ1n) is 13.8. The Kier molecular flexibility index (Phi) is 8.82. The molecule has 0 aliphatic carbocycles. The van der Waals surface area contributed by atoms with Gasteiger partial charge in [-0.2, -0.15) is 0 Å². The Bertz CT molecular complexity index is 1450. The zero-order valence-corrected chi connectivity index (χ0v) is 24.1. The number of ether oxygens (including phenoxy) is 3. The molecular formula is C31H36N2O7S. The molecule has 1 N–H and O–H groups in total. The number of hydrogen-bond acceptors (Lipinski definition) is 7. The zero-order chi connectivity index (χ0) is 29.0. The molecule has 3 aromatic rings. The van der Waals surface area contributed by atoms with Gasteiger partial charge in [-0.05, 0) is 47.4 Å². The van der Waals surface area contributed by atoms with Crippen molar-refractivity contribution in [3.63, 3.8) is 0 Å². The molecule has 218 valence electrons. The summed E-state index contributed by atoms with van der Waals surface area (Å²) in [6, 6.07) is 21.7. The van der Waals surface area contributed by atoms with Gasteiger partial charge in [0.2, 0.25) is 16.8 Å². The summed E-state index contributed by atoms with van der Waals surface area (Å²) in [5, 5.41) is 10.5. The Morgan fingerprint density at radius 2 is 1.71 bits per heavy atom. The Morgan fingerprint density at radius 3 is 2.39 bits per heavy atom. The predicted octanol–water partition coefficient (Wildman–Crippen LogP) is 4.51. The number of hydrogen-bond donors (Lipinski definition) is 1. The smallest absolute Gasteiger partial charge is 0.309 e. The van der Waals surface area contributed by atoms with Crippen LogP contribution in [0.15, 0.2) is 72.8 Å². The standard InChI is InChI=1S/C31H36N2O7S/c1-3-15-33(41(36,37)20-22-7-5-4-6-8-22)17-16-32-19-26(24-11-14-27-28(18-24)40-21-39-27)29(31(34)35)30(32)23-9-12-25(38-2)13-10-23/h4-14,18,26,29-30H,3,15-17,19-21H2,1-2H3,(H,34,35)/t26-,29-,30+/m0/s1. The highest BCUT2D eigenvalue weighted by atomic mass is 32.2. The topological polar surface area (TPSA) is 106 Å². The number of nitrogens with zero attached hydrogens (tertiary/aromatic N) is 2. The van der Waals surface area contributed by atoms with Crippen LogP contribution in [0, 0.1) is 5.92 Å². The lowest BCUT2D eigenvalue weighted by molar-refractivity contribution is -0.143. The maximum atomic E-state index is 13.5. The number of likely N-dealkylation sites (tertiary alicyclic amines) is 1. The molecule has 1 saturated heterocycles. The van der Waals surface area contributed by atoms with Gasteiger partial charge in [-0.15, -0.1) is 0 Å². The first-order chi connectivity index (χ1) is 19.8. The molecule has 10 heteroatoms. The molecule has 0 saturated carbocycles. The maximum absolute atomic E-state index is 13.5. The van der Waals surface area contributed by atoms with E-state index in [9.17, 15) is 18.3 Å². The third-order valence-electron chi connectivity index (χ3n) is 7.86. The number of rotatable bonds is 12. The van der Waals surface area contributed by atoms with Crippen LogP contribution >= 0.6 is 0 Å². The molecule has 3 aromatic carbocycles. The molecule has 0 unspecified atom stereocenters. The van der Waals surface area contributed by atoms with E-state index in [1.807, 2.05) is 79.7 Å². The summed E-state index contributed by atoms with van der Waals surface area (Å²) in [6.07, 6.45) is 0.674. The predicted molar refractivity (Wildman–Crippen MR) is 155 cm³/mol. The van der Waals surface area contributed by atoms with Crippen molar-refractivity contribution in [3.05, 3.63) is 89.5 Å². The highest BCUT2D eigenvalue weighted by Crippen LogP contribution is 2.47. The second-order valence-electron chi connectivity index (χ2n) is 10.4. The van der Waals surface area contributed by atoms with Crippen LogP contribution in [0.1, 0.15) is 42.0 Å². The summed E-state index contributed by atoms with van der Waals surface area (Å²) in [4.78, 5) is 15.0. The van der Waals surface area contributed by atoms with Crippen LogP contribution in [-0.2, 0) is 20.6 Å². The molecule has 2 aliphatic rings. The minimum atomic E-state index is -3.58. The summed E-state index contributed by atoms with van der Waals surface area (Å²) in [6.45, 7) is 3.58. The average molecular weight is 581 g/mol. The maximum Gasteiger partial charge on any atom is 0.309 e. The summed E-state index contributed by atoms with van der Waals surface area (Å²) in [5.41, 5.74) is 2.43. The van der Waals surface area contributed by atoms with Gasteiger partial charge in [0.1, 0.15) is 5.75 Å². The van der Waals surface area contributed by atoms with Crippen molar-refractivity contribution in [2.45, 2.75) is 31.1 Å². The monoisotopic (exact) mass is 580 g/mol. The molecule has 0 radical (unpaired) electrons. The van der Waals surface area contributed by atoms with Gasteiger partial charge in [-0.1, -0.05) is 55.5 Å². The average Bonchev–Trinajstić information content (AvgIpc) is 3.60. The van der Waals surface area contributed by atoms with E-state index in [1.54, 1.807) is 7.11 Å². The second kappa shape index (κ2) is 12.5. The van der Waals surface area contributed by atoms with Crippen LogP contribution in [-0.4, -0.2) is 68.8 Å². The minimum Gasteiger partial charge on any atom is -0.497 e. The van der Waals surface area contributed by atoms with Crippen LogP contribution in [0.4, 0.5) is 0 Å². The fourth-order valence-corrected chi connectivity index (χ4v) is 7.51. The normalized spacial score (nSPS) is 20.4. The number of carboxylic acid groups (broad SMARTS) is 1. The molecule has 2 aliphatic heterocycles. The summed E-state index contributed by atoms with van der Waals surface area (Å²) >= 11 is 0. The molecule has 0 aromatic heterocycles. The molecule has 0 spiro atoms. The first kappa shape index (κ1) is 28.9. The van der Waals surface area contributed by atoms with Crippen molar-refractivity contribution in [1.82, 2.24) is 9.21 Å². The Labute approximate surface area is 241 Å². The third-order valence-corrected chi connectivity index (χ3v) is 9.71. The number of sulfonamides is 1. The van der Waals surface area contributed by atoms with Crippen LogP contribution < -0.4 is 14.2 Å². The largest absolute Gasteiger partial charge is 0.497 e. The van der Waals surface area contributed by atoms with E-state index in [4.69, 9.17) is 14.2 Å². The molecule has 9 nitrogen and oxygen atoms in total. The van der Waals surface area contributed by atoms with Crippen LogP contribution in [0.3, 0.4) is 0 Å². The van der Waals surface area contributed by atoms with Crippen molar-refractivity contribution in [2.75, 3.05) is 40.1 Å². The summed E-state index contributed by atoms with van der Waals surface area (Å²) in [7, 11) is -1.99. The number of fused-ring (bicyclic) bond motifs is 1. The van der Waals surface area contributed by atoms with Crippen molar-refractivity contribution in [1.29, 1.82) is 0 Å². The van der Waals surface area contributed by atoms with Gasteiger partial charge < -0.3 is 19.3 Å². The number of methoxy groups -OCH3 is 1. The summed E-state index contributed by atoms with van der Waals surface area (Å²) < 4.78 is 44.8. The van der Waals surface area contributed by atoms with Crippen molar-refractivity contribution in [3.8, 4) is 17.2 Å². The molecule has 0 amide bonds. The van der Waals surface area contributed by atoms with Crippen molar-refractivity contribution >= 4 is 16.0 Å². The van der Waals surface area contributed by atoms with Gasteiger partial charge in [0.25, 0.3) is 0 Å². The zero-order valence-electron chi connectivity index (χ0n) is 23.3. The van der Waals surface area contributed by atoms with Gasteiger partial charge in [-0.3, -0.25) is 9.69 Å². The van der Waals surface area contributed by atoms with Gasteiger partial charge in [0.15, 0.2) is 11.5 Å². The van der Waals surface area contributed by atoms with E-state index in [0.29, 0.717) is 43.3 Å². The van der Waals surface area contributed by atoms with E-state index in [0.717, 1.165) is 16.7 Å². The fraction of sp³-hybridized carbons (Fsp3) is 0.387. The van der Waals surface area contributed by atoms with E-state index in [1.165, 1.54) is 4.31 Å². The number of aliphatic carboxylic acids is 1. The molecule has 2 heterocycles. The number of carbonyl (C=O) groups is 1. The highest BCUT2D eigenvalue weighted by molar-refractivity contribution is 7.88. The summed E-state index contributed by atoms with van der Waals surface area (Å²) in [5.74, 6) is -0.156. The highest BCUT2D eigenvalue weighted by Gasteiger charge is 2.47. The van der Waals surface area contributed by atoms with Gasteiger partial charge in [-0.25, -0.2) is 12.7 Å². The Balaban J connectivity index is 1.45. The minimum absolute atomic E-state index is 0.0761. The number of carboxylic acids is 1. The molecule has 1 fully saturated rings. The fourth-order valence-electron chi connectivity index (χ4n) is 5.90. The number of benzene rings is 3. The van der Waals surface area contributed by atoms with Crippen LogP contribution in [0.2, 0.25) is 0 Å². The van der Waals surface area contributed by atoms with Gasteiger partial charge >= 0.3 is 5.97 Å². The second-order valence-corrected chi connectivity index (χ2v) is 12.4. The van der Waals surface area contributed by atoms with E-state index < -0.39 is 28.0 Å². The third kappa shape index (κ3) is 6.34. The van der Waals surface area contributed by atoms with Gasteiger partial charge in [0.05, 0.1) is 18.8 Å².